The zero-order valence-electron chi connectivity index (χ0n) is 7.49. The molecule has 3 nitrogen and oxygen atoms in total. The monoisotopic (exact) mass is 193 g/mol. The van der Waals surface area contributed by atoms with E-state index in [0.717, 1.165) is 12.1 Å². The van der Waals surface area contributed by atoms with E-state index in [2.05, 4.69) is 0 Å². The molecular weight excluding hydrogens is 185 g/mol. The lowest BCUT2D eigenvalue weighted by Gasteiger charge is -2.06. The molecule has 1 aromatic carbocycles. The molecule has 1 atom stereocenters. The van der Waals surface area contributed by atoms with Crippen LogP contribution >= 0.6 is 0 Å². The van der Waals surface area contributed by atoms with Crippen molar-refractivity contribution in [3.05, 3.63) is 35.1 Å². The average molecular weight is 193 g/mol. The second kappa shape index (κ2) is 3.88. The molecule has 0 saturated heterocycles. The molecule has 0 amide bonds. The number of rotatable bonds is 2. The lowest BCUT2D eigenvalue weighted by Crippen LogP contribution is -2.05. The third-order valence-electron chi connectivity index (χ3n) is 1.91. The van der Waals surface area contributed by atoms with Crippen LogP contribution in [0.1, 0.15) is 28.8 Å². The molecule has 14 heavy (non-hydrogen) atoms. The minimum absolute atomic E-state index is 0.154. The minimum atomic E-state index is -1.22. The molecule has 0 heterocycles. The molecule has 72 valence electrons. The first kappa shape index (κ1) is 10.2. The quantitative estimate of drug-likeness (QED) is 0.782. The van der Waals surface area contributed by atoms with Gasteiger partial charge in [-0.15, -0.1) is 0 Å². The first-order chi connectivity index (χ1) is 6.56. The highest BCUT2D eigenvalue weighted by Gasteiger charge is 2.15. The van der Waals surface area contributed by atoms with Crippen molar-refractivity contribution in [2.24, 2.45) is 0 Å². The van der Waals surface area contributed by atoms with E-state index < -0.39 is 17.7 Å². The molecule has 0 aliphatic heterocycles. The summed E-state index contributed by atoms with van der Waals surface area (Å²) in [4.78, 5) is 10.7. The third-order valence-corrected chi connectivity index (χ3v) is 1.91. The number of hydrogen-bond donors (Lipinski definition) is 1. The third kappa shape index (κ3) is 1.88. The van der Waals surface area contributed by atoms with Crippen LogP contribution in [-0.4, -0.2) is 11.1 Å². The Morgan fingerprint density at radius 2 is 2.29 bits per heavy atom. The maximum atomic E-state index is 12.7. The molecule has 1 rings (SSSR count). The standard InChI is InChI=1S/C10H8FNO2/c1-6(5-12)8-3-2-7(11)4-9(8)10(13)14/h2-4,6H,1H3,(H,13,14). The topological polar surface area (TPSA) is 61.1 Å². The van der Waals surface area contributed by atoms with Gasteiger partial charge in [0.1, 0.15) is 5.82 Å². The van der Waals surface area contributed by atoms with E-state index in [-0.39, 0.29) is 5.56 Å². The van der Waals surface area contributed by atoms with Gasteiger partial charge in [-0.3, -0.25) is 0 Å². The second-order valence-corrected chi connectivity index (χ2v) is 2.89. The number of aromatic carboxylic acids is 1. The summed E-state index contributed by atoms with van der Waals surface area (Å²) in [5.74, 6) is -2.39. The lowest BCUT2D eigenvalue weighted by molar-refractivity contribution is 0.0695. The van der Waals surface area contributed by atoms with Gasteiger partial charge < -0.3 is 5.11 Å². The van der Waals surface area contributed by atoms with E-state index in [1.165, 1.54) is 6.07 Å². The number of halogens is 1. The van der Waals surface area contributed by atoms with Gasteiger partial charge in [-0.05, 0) is 24.6 Å². The maximum Gasteiger partial charge on any atom is 0.336 e. The lowest BCUT2D eigenvalue weighted by atomic mass is 9.97. The molecule has 1 unspecified atom stereocenters. The predicted molar refractivity (Wildman–Crippen MR) is 47.4 cm³/mol. The van der Waals surface area contributed by atoms with E-state index in [1.807, 2.05) is 6.07 Å². The van der Waals surface area contributed by atoms with Crippen LogP contribution in [0, 0.1) is 17.1 Å². The first-order valence-electron chi connectivity index (χ1n) is 3.98. The van der Waals surface area contributed by atoms with E-state index >= 15 is 0 Å². The Morgan fingerprint density at radius 1 is 1.64 bits per heavy atom. The van der Waals surface area contributed by atoms with Gasteiger partial charge in [0.15, 0.2) is 0 Å². The Hall–Kier alpha value is -1.89. The molecule has 4 heteroatoms. The van der Waals surface area contributed by atoms with Crippen molar-refractivity contribution in [3.63, 3.8) is 0 Å². The number of carboxylic acid groups (broad SMARTS) is 1. The number of nitriles is 1. The SMILES string of the molecule is CC(C#N)c1ccc(F)cc1C(=O)O. The van der Waals surface area contributed by atoms with Crippen LogP contribution in [0.4, 0.5) is 4.39 Å². The Kier molecular flexibility index (Phi) is 2.82. The summed E-state index contributed by atoms with van der Waals surface area (Å²) in [6.45, 7) is 1.57. The molecule has 0 fully saturated rings. The van der Waals surface area contributed by atoms with Gasteiger partial charge in [-0.2, -0.15) is 5.26 Å². The first-order valence-corrected chi connectivity index (χ1v) is 3.98. The van der Waals surface area contributed by atoms with Gasteiger partial charge in [0.2, 0.25) is 0 Å². The van der Waals surface area contributed by atoms with Gasteiger partial charge in [0.05, 0.1) is 17.6 Å². The molecule has 0 spiro atoms. The summed E-state index contributed by atoms with van der Waals surface area (Å²) in [6, 6.07) is 5.31. The van der Waals surface area contributed by atoms with Crippen LogP contribution in [-0.2, 0) is 0 Å². The molecule has 0 saturated carbocycles. The summed E-state index contributed by atoms with van der Waals surface area (Å²) in [5.41, 5.74) is 0.181. The average Bonchev–Trinajstić information content (AvgIpc) is 2.16. The Balaban J connectivity index is 3.30. The van der Waals surface area contributed by atoms with Crippen molar-refractivity contribution in [3.8, 4) is 6.07 Å². The van der Waals surface area contributed by atoms with Crippen molar-refractivity contribution in [2.45, 2.75) is 12.8 Å². The minimum Gasteiger partial charge on any atom is -0.478 e. The zero-order chi connectivity index (χ0) is 10.7. The van der Waals surface area contributed by atoms with E-state index in [0.29, 0.717) is 5.56 Å². The van der Waals surface area contributed by atoms with Crippen LogP contribution in [0.3, 0.4) is 0 Å². The summed E-state index contributed by atoms with van der Waals surface area (Å²) in [7, 11) is 0. The van der Waals surface area contributed by atoms with E-state index in [9.17, 15) is 9.18 Å². The number of nitrogens with zero attached hydrogens (tertiary/aromatic N) is 1. The normalized spacial score (nSPS) is 11.8. The van der Waals surface area contributed by atoms with Crippen molar-refractivity contribution in [1.29, 1.82) is 5.26 Å². The molecule has 1 aromatic rings. The second-order valence-electron chi connectivity index (χ2n) is 2.89. The Labute approximate surface area is 80.4 Å². The van der Waals surface area contributed by atoms with Crippen LogP contribution in [0.25, 0.3) is 0 Å². The number of benzene rings is 1. The maximum absolute atomic E-state index is 12.7. The molecule has 1 N–H and O–H groups in total. The molecule has 0 aliphatic rings. The molecule has 0 aliphatic carbocycles. The number of hydrogen-bond acceptors (Lipinski definition) is 2. The van der Waals surface area contributed by atoms with Crippen LogP contribution in [0.15, 0.2) is 18.2 Å². The number of carboxylic acids is 1. The van der Waals surface area contributed by atoms with Crippen molar-refractivity contribution in [1.82, 2.24) is 0 Å². The largest absolute Gasteiger partial charge is 0.478 e. The van der Waals surface area contributed by atoms with Crippen LogP contribution in [0.5, 0.6) is 0 Å². The van der Waals surface area contributed by atoms with Gasteiger partial charge in [0, 0.05) is 0 Å². The highest BCUT2D eigenvalue weighted by atomic mass is 19.1. The zero-order valence-corrected chi connectivity index (χ0v) is 7.49. The summed E-state index contributed by atoms with van der Waals surface area (Å²) in [6.07, 6.45) is 0. The number of carbonyl (C=O) groups is 1. The van der Waals surface area contributed by atoms with E-state index in [4.69, 9.17) is 10.4 Å². The Morgan fingerprint density at radius 3 is 2.79 bits per heavy atom. The van der Waals surface area contributed by atoms with Crippen LogP contribution < -0.4 is 0 Å². The smallest absolute Gasteiger partial charge is 0.336 e. The summed E-state index contributed by atoms with van der Waals surface area (Å²) < 4.78 is 12.7. The van der Waals surface area contributed by atoms with E-state index in [1.54, 1.807) is 6.92 Å². The molecular formula is C10H8FNO2. The van der Waals surface area contributed by atoms with Crippen molar-refractivity contribution in [2.75, 3.05) is 0 Å². The van der Waals surface area contributed by atoms with Gasteiger partial charge in [-0.1, -0.05) is 6.07 Å². The van der Waals surface area contributed by atoms with Crippen molar-refractivity contribution >= 4 is 5.97 Å². The highest BCUT2D eigenvalue weighted by Crippen LogP contribution is 2.20. The summed E-state index contributed by atoms with van der Waals surface area (Å²) in [5, 5.41) is 17.4. The highest BCUT2D eigenvalue weighted by molar-refractivity contribution is 5.89. The van der Waals surface area contributed by atoms with Crippen LogP contribution in [0.2, 0.25) is 0 Å². The van der Waals surface area contributed by atoms with Gasteiger partial charge >= 0.3 is 5.97 Å². The van der Waals surface area contributed by atoms with Gasteiger partial charge in [-0.25, -0.2) is 9.18 Å². The molecule has 0 bridgehead atoms. The summed E-state index contributed by atoms with van der Waals surface area (Å²) >= 11 is 0. The molecule has 0 radical (unpaired) electrons. The molecule has 0 aromatic heterocycles. The fraction of sp³-hybridized carbons (Fsp3) is 0.200. The Bertz CT molecular complexity index is 409. The fourth-order valence-electron chi connectivity index (χ4n) is 1.16. The predicted octanol–water partition coefficient (Wildman–Crippen LogP) is 2.15. The fourth-order valence-corrected chi connectivity index (χ4v) is 1.16. The van der Waals surface area contributed by atoms with Crippen molar-refractivity contribution < 1.29 is 14.3 Å². The van der Waals surface area contributed by atoms with Gasteiger partial charge in [0.25, 0.3) is 0 Å².